The molecule has 0 unspecified atom stereocenters. The van der Waals surface area contributed by atoms with Crippen molar-refractivity contribution in [2.45, 2.75) is 6.61 Å². The van der Waals surface area contributed by atoms with Crippen molar-refractivity contribution >= 4 is 10.8 Å². The van der Waals surface area contributed by atoms with Crippen molar-refractivity contribution in [2.75, 3.05) is 7.11 Å². The van der Waals surface area contributed by atoms with Crippen LogP contribution in [0.3, 0.4) is 0 Å². The highest BCUT2D eigenvalue weighted by Crippen LogP contribution is 2.32. The molecule has 0 aliphatic heterocycles. The Labute approximate surface area is 122 Å². The van der Waals surface area contributed by atoms with E-state index in [1.54, 1.807) is 19.4 Å². The van der Waals surface area contributed by atoms with Crippen LogP contribution in [0, 0.1) is 0 Å². The normalized spacial score (nSPS) is 10.6. The second-order valence-electron chi connectivity index (χ2n) is 4.58. The molecule has 0 aliphatic rings. The summed E-state index contributed by atoms with van der Waals surface area (Å²) < 4.78 is 11.2. The molecule has 0 aliphatic carbocycles. The van der Waals surface area contributed by atoms with E-state index < -0.39 is 0 Å². The molecule has 0 radical (unpaired) electrons. The predicted molar refractivity (Wildman–Crippen MR) is 80.7 cm³/mol. The van der Waals surface area contributed by atoms with Crippen LogP contribution in [-0.2, 0) is 6.61 Å². The summed E-state index contributed by atoms with van der Waals surface area (Å²) in [5, 5.41) is 11.0. The Morgan fingerprint density at radius 3 is 2.71 bits per heavy atom. The van der Waals surface area contributed by atoms with Crippen LogP contribution in [0.15, 0.2) is 54.7 Å². The quantitative estimate of drug-likeness (QED) is 0.795. The van der Waals surface area contributed by atoms with Gasteiger partial charge in [-0.2, -0.15) is 0 Å². The minimum atomic E-state index is -0.0199. The minimum Gasteiger partial charge on any atom is -0.496 e. The molecule has 0 saturated carbocycles. The van der Waals surface area contributed by atoms with E-state index in [4.69, 9.17) is 9.47 Å². The zero-order chi connectivity index (χ0) is 14.7. The second-order valence-corrected chi connectivity index (χ2v) is 4.58. The Morgan fingerprint density at radius 2 is 1.90 bits per heavy atom. The van der Waals surface area contributed by atoms with Crippen molar-refractivity contribution in [3.8, 4) is 17.4 Å². The van der Waals surface area contributed by atoms with Gasteiger partial charge in [-0.1, -0.05) is 18.2 Å². The van der Waals surface area contributed by atoms with E-state index in [0.29, 0.717) is 11.6 Å². The average Bonchev–Trinajstić information content (AvgIpc) is 2.55. The number of pyridine rings is 1. The molecular weight excluding hydrogens is 266 g/mol. The average molecular weight is 281 g/mol. The topological polar surface area (TPSA) is 51.6 Å². The van der Waals surface area contributed by atoms with Gasteiger partial charge in [0.05, 0.1) is 13.7 Å². The van der Waals surface area contributed by atoms with Gasteiger partial charge in [-0.15, -0.1) is 0 Å². The Bertz CT molecular complexity index is 771. The molecule has 1 aromatic heterocycles. The van der Waals surface area contributed by atoms with E-state index in [2.05, 4.69) is 4.98 Å². The highest BCUT2D eigenvalue weighted by Gasteiger charge is 2.08. The first-order valence-corrected chi connectivity index (χ1v) is 6.61. The fourth-order valence-corrected chi connectivity index (χ4v) is 2.23. The molecule has 1 N–H and O–H groups in total. The fraction of sp³-hybridized carbons (Fsp3) is 0.118. The van der Waals surface area contributed by atoms with E-state index >= 15 is 0 Å². The zero-order valence-electron chi connectivity index (χ0n) is 11.6. The van der Waals surface area contributed by atoms with Crippen LogP contribution in [0.1, 0.15) is 5.56 Å². The number of aromatic nitrogens is 1. The summed E-state index contributed by atoms with van der Waals surface area (Å²) in [6.07, 6.45) is 1.69. The first-order valence-electron chi connectivity index (χ1n) is 6.61. The number of hydrogen-bond donors (Lipinski definition) is 1. The van der Waals surface area contributed by atoms with E-state index in [1.807, 2.05) is 42.5 Å². The van der Waals surface area contributed by atoms with Gasteiger partial charge in [0, 0.05) is 17.0 Å². The number of rotatable bonds is 4. The molecule has 106 valence electrons. The lowest BCUT2D eigenvalue weighted by atomic mass is 10.1. The summed E-state index contributed by atoms with van der Waals surface area (Å²) in [7, 11) is 1.64. The third kappa shape index (κ3) is 2.66. The van der Waals surface area contributed by atoms with Gasteiger partial charge in [0.25, 0.3) is 0 Å². The number of aliphatic hydroxyl groups excluding tert-OH is 1. The molecule has 0 saturated heterocycles. The third-order valence-electron chi connectivity index (χ3n) is 3.24. The van der Waals surface area contributed by atoms with Crippen LogP contribution >= 0.6 is 0 Å². The maximum absolute atomic E-state index is 9.18. The Balaban J connectivity index is 2.04. The molecule has 2 aromatic carbocycles. The number of benzene rings is 2. The summed E-state index contributed by atoms with van der Waals surface area (Å²) >= 11 is 0. The number of nitrogens with zero attached hydrogens (tertiary/aromatic N) is 1. The molecule has 21 heavy (non-hydrogen) atoms. The summed E-state index contributed by atoms with van der Waals surface area (Å²) in [4.78, 5) is 4.29. The molecule has 0 amide bonds. The number of aliphatic hydroxyl groups is 1. The van der Waals surface area contributed by atoms with Crippen molar-refractivity contribution < 1.29 is 14.6 Å². The largest absolute Gasteiger partial charge is 0.496 e. The lowest BCUT2D eigenvalue weighted by Crippen LogP contribution is -1.92. The third-order valence-corrected chi connectivity index (χ3v) is 3.24. The molecule has 4 nitrogen and oxygen atoms in total. The van der Waals surface area contributed by atoms with E-state index in [1.165, 1.54) is 0 Å². The number of fused-ring (bicyclic) bond motifs is 1. The first-order chi connectivity index (χ1) is 10.3. The number of hydrogen-bond acceptors (Lipinski definition) is 4. The highest BCUT2D eigenvalue weighted by atomic mass is 16.5. The molecular formula is C17H15NO3. The van der Waals surface area contributed by atoms with Crippen LogP contribution in [-0.4, -0.2) is 17.2 Å². The number of methoxy groups -OCH3 is 1. The molecule has 0 bridgehead atoms. The molecule has 0 spiro atoms. The predicted octanol–water partition coefficient (Wildman–Crippen LogP) is 3.53. The van der Waals surface area contributed by atoms with Gasteiger partial charge < -0.3 is 14.6 Å². The standard InChI is InChI=1S/C17H15NO3/c1-20-16-7-3-6-15-14(16)8-9-18-17(15)21-13-5-2-4-12(10-13)11-19/h2-10,19H,11H2,1H3. The first kappa shape index (κ1) is 13.4. The fourth-order valence-electron chi connectivity index (χ4n) is 2.23. The van der Waals surface area contributed by atoms with Gasteiger partial charge in [-0.05, 0) is 35.9 Å². The SMILES string of the molecule is COc1cccc2c(Oc3cccc(CO)c3)nccc12. The monoisotopic (exact) mass is 281 g/mol. The maximum atomic E-state index is 9.18. The van der Waals surface area contributed by atoms with Gasteiger partial charge in [0.1, 0.15) is 11.5 Å². The Hall–Kier alpha value is -2.59. The minimum absolute atomic E-state index is 0.0199. The second kappa shape index (κ2) is 5.81. The Morgan fingerprint density at radius 1 is 1.05 bits per heavy atom. The molecule has 3 aromatic rings. The Kier molecular flexibility index (Phi) is 3.71. The van der Waals surface area contributed by atoms with Gasteiger partial charge in [0.15, 0.2) is 0 Å². The van der Waals surface area contributed by atoms with Crippen LogP contribution in [0.4, 0.5) is 0 Å². The lowest BCUT2D eigenvalue weighted by molar-refractivity contribution is 0.281. The van der Waals surface area contributed by atoms with Gasteiger partial charge in [-0.25, -0.2) is 4.98 Å². The smallest absolute Gasteiger partial charge is 0.227 e. The maximum Gasteiger partial charge on any atom is 0.227 e. The summed E-state index contributed by atoms with van der Waals surface area (Å²) in [5.41, 5.74) is 0.797. The van der Waals surface area contributed by atoms with Crippen LogP contribution < -0.4 is 9.47 Å². The van der Waals surface area contributed by atoms with Crippen LogP contribution in [0.25, 0.3) is 10.8 Å². The highest BCUT2D eigenvalue weighted by molar-refractivity contribution is 5.91. The van der Waals surface area contributed by atoms with Crippen molar-refractivity contribution in [3.05, 3.63) is 60.3 Å². The van der Waals surface area contributed by atoms with Crippen molar-refractivity contribution in [2.24, 2.45) is 0 Å². The number of ether oxygens (including phenoxy) is 2. The van der Waals surface area contributed by atoms with Gasteiger partial charge >= 0.3 is 0 Å². The van der Waals surface area contributed by atoms with E-state index in [9.17, 15) is 5.11 Å². The summed E-state index contributed by atoms with van der Waals surface area (Å²) in [5.74, 6) is 1.94. The summed E-state index contributed by atoms with van der Waals surface area (Å²) in [6.45, 7) is -0.0199. The zero-order valence-corrected chi connectivity index (χ0v) is 11.6. The van der Waals surface area contributed by atoms with Crippen molar-refractivity contribution in [1.82, 2.24) is 4.98 Å². The molecule has 4 heteroatoms. The van der Waals surface area contributed by atoms with Crippen molar-refractivity contribution in [3.63, 3.8) is 0 Å². The van der Waals surface area contributed by atoms with Crippen LogP contribution in [0.5, 0.6) is 17.4 Å². The van der Waals surface area contributed by atoms with Crippen LogP contribution in [0.2, 0.25) is 0 Å². The molecule has 3 rings (SSSR count). The van der Waals surface area contributed by atoms with Gasteiger partial charge in [-0.3, -0.25) is 0 Å². The summed E-state index contributed by atoms with van der Waals surface area (Å²) in [6, 6.07) is 14.9. The van der Waals surface area contributed by atoms with Crippen molar-refractivity contribution in [1.29, 1.82) is 0 Å². The van der Waals surface area contributed by atoms with E-state index in [0.717, 1.165) is 22.1 Å². The van der Waals surface area contributed by atoms with E-state index in [-0.39, 0.29) is 6.61 Å². The lowest BCUT2D eigenvalue weighted by Gasteiger charge is -2.10. The molecule has 0 fully saturated rings. The molecule has 1 heterocycles. The van der Waals surface area contributed by atoms with Gasteiger partial charge in [0.2, 0.25) is 5.88 Å². The molecule has 0 atom stereocenters.